The van der Waals surface area contributed by atoms with E-state index in [0.717, 1.165) is 25.2 Å². The molecule has 0 aromatic carbocycles. The predicted molar refractivity (Wildman–Crippen MR) is 67.3 cm³/mol. The van der Waals surface area contributed by atoms with E-state index in [2.05, 4.69) is 16.7 Å². The zero-order chi connectivity index (χ0) is 11.7. The van der Waals surface area contributed by atoms with Gasteiger partial charge in [-0.1, -0.05) is 30.4 Å². The van der Waals surface area contributed by atoms with Gasteiger partial charge in [0, 0.05) is 31.1 Å². The molecule has 0 bridgehead atoms. The summed E-state index contributed by atoms with van der Waals surface area (Å²) in [4.78, 5) is 12.0. The van der Waals surface area contributed by atoms with Gasteiger partial charge < -0.3 is 10.6 Å². The van der Waals surface area contributed by atoms with Crippen LogP contribution in [-0.4, -0.2) is 25.5 Å². The molecule has 3 rings (SSSR count). The molecule has 3 heteroatoms. The van der Waals surface area contributed by atoms with Crippen molar-refractivity contribution < 1.29 is 4.79 Å². The molecule has 0 saturated carbocycles. The Balaban J connectivity index is 2.06. The Morgan fingerprint density at radius 3 is 2.71 bits per heavy atom. The number of rotatable bonds is 0. The van der Waals surface area contributed by atoms with Crippen molar-refractivity contribution in [2.45, 2.75) is 0 Å². The van der Waals surface area contributed by atoms with Gasteiger partial charge in [0.15, 0.2) is 0 Å². The van der Waals surface area contributed by atoms with Crippen LogP contribution in [0.1, 0.15) is 0 Å². The fourth-order valence-electron chi connectivity index (χ4n) is 2.79. The Hall–Kier alpha value is -1.61. The average molecular weight is 228 g/mol. The van der Waals surface area contributed by atoms with Gasteiger partial charge in [-0.15, -0.1) is 0 Å². The van der Waals surface area contributed by atoms with Gasteiger partial charge in [-0.25, -0.2) is 0 Å². The molecule has 2 fully saturated rings. The van der Waals surface area contributed by atoms with Gasteiger partial charge in [0.25, 0.3) is 5.91 Å². The van der Waals surface area contributed by atoms with Crippen molar-refractivity contribution in [1.29, 1.82) is 0 Å². The van der Waals surface area contributed by atoms with E-state index in [0.29, 0.717) is 11.8 Å². The van der Waals surface area contributed by atoms with Crippen molar-refractivity contribution >= 4 is 5.91 Å². The first-order valence-corrected chi connectivity index (χ1v) is 6.11. The summed E-state index contributed by atoms with van der Waals surface area (Å²) in [7, 11) is 0. The predicted octanol–water partition coefficient (Wildman–Crippen LogP) is 0.931. The van der Waals surface area contributed by atoms with Gasteiger partial charge in [-0.3, -0.25) is 4.79 Å². The monoisotopic (exact) mass is 228 g/mol. The second kappa shape index (κ2) is 4.34. The van der Waals surface area contributed by atoms with E-state index in [1.165, 1.54) is 5.57 Å². The number of carbonyl (C=O) groups is 1. The highest BCUT2D eigenvalue weighted by molar-refractivity contribution is 5.98. The van der Waals surface area contributed by atoms with E-state index in [4.69, 9.17) is 0 Å². The molecule has 3 aliphatic rings. The molecule has 3 nitrogen and oxygen atoms in total. The van der Waals surface area contributed by atoms with Crippen molar-refractivity contribution in [2.75, 3.05) is 19.6 Å². The molecule has 2 heterocycles. The summed E-state index contributed by atoms with van der Waals surface area (Å²) in [6, 6.07) is 0. The summed E-state index contributed by atoms with van der Waals surface area (Å²) in [6.45, 7) is 2.74. The molecule has 0 radical (unpaired) electrons. The standard InChI is InChI=1S/C14H16N2O/c17-14-12-6-4-2-1-3-5-11(12)13-9-15-7-10(13)8-16-14/h1-6,10,13,15H,7-9H2,(H,16,17)/b2-1?,3-1-,4-2-,5-3?,6-4?,11-5+,12-6+. The Labute approximate surface area is 101 Å². The quantitative estimate of drug-likeness (QED) is 0.647. The summed E-state index contributed by atoms with van der Waals surface area (Å²) >= 11 is 0. The van der Waals surface area contributed by atoms with Crippen LogP contribution in [-0.2, 0) is 4.79 Å². The van der Waals surface area contributed by atoms with Crippen molar-refractivity contribution in [2.24, 2.45) is 11.8 Å². The summed E-state index contributed by atoms with van der Waals surface area (Å²) in [5.74, 6) is 1.04. The highest BCUT2D eigenvalue weighted by Gasteiger charge is 2.35. The van der Waals surface area contributed by atoms with E-state index in [1.807, 2.05) is 30.4 Å². The van der Waals surface area contributed by atoms with E-state index >= 15 is 0 Å². The van der Waals surface area contributed by atoms with Crippen LogP contribution < -0.4 is 10.6 Å². The van der Waals surface area contributed by atoms with Crippen LogP contribution in [0.15, 0.2) is 47.6 Å². The molecule has 88 valence electrons. The number of amides is 1. The number of carbonyl (C=O) groups excluding carboxylic acids is 1. The SMILES string of the molecule is O=C1NCC2CNCC2/C2=C/C=C\C=C/C=C/12. The van der Waals surface area contributed by atoms with Crippen LogP contribution in [0.4, 0.5) is 0 Å². The Kier molecular flexibility index (Phi) is 2.69. The smallest absolute Gasteiger partial charge is 0.251 e. The lowest BCUT2D eigenvalue weighted by Crippen LogP contribution is -2.29. The maximum atomic E-state index is 12.0. The normalized spacial score (nSPS) is 41.3. The van der Waals surface area contributed by atoms with Crippen molar-refractivity contribution in [3.8, 4) is 0 Å². The first kappa shape index (κ1) is 10.5. The van der Waals surface area contributed by atoms with Gasteiger partial charge in [-0.2, -0.15) is 0 Å². The van der Waals surface area contributed by atoms with Gasteiger partial charge >= 0.3 is 0 Å². The first-order valence-electron chi connectivity index (χ1n) is 6.11. The molecule has 1 amide bonds. The van der Waals surface area contributed by atoms with Crippen LogP contribution in [0.25, 0.3) is 0 Å². The fourth-order valence-corrected chi connectivity index (χ4v) is 2.79. The van der Waals surface area contributed by atoms with Crippen LogP contribution in [0.3, 0.4) is 0 Å². The summed E-state index contributed by atoms with van der Waals surface area (Å²) in [5, 5.41) is 6.43. The van der Waals surface area contributed by atoms with E-state index in [9.17, 15) is 4.79 Å². The molecule has 2 atom stereocenters. The second-order valence-electron chi connectivity index (χ2n) is 4.71. The van der Waals surface area contributed by atoms with Crippen molar-refractivity contribution in [1.82, 2.24) is 10.6 Å². The van der Waals surface area contributed by atoms with E-state index < -0.39 is 0 Å². The molecule has 2 aliphatic heterocycles. The van der Waals surface area contributed by atoms with Gasteiger partial charge in [0.05, 0.1) is 0 Å². The third-order valence-electron chi connectivity index (χ3n) is 3.69. The second-order valence-corrected chi connectivity index (χ2v) is 4.71. The molecular formula is C14H16N2O. The molecule has 0 aromatic rings. The highest BCUT2D eigenvalue weighted by atomic mass is 16.1. The maximum Gasteiger partial charge on any atom is 0.251 e. The van der Waals surface area contributed by atoms with Crippen molar-refractivity contribution in [3.63, 3.8) is 0 Å². The molecule has 0 spiro atoms. The lowest BCUT2D eigenvalue weighted by molar-refractivity contribution is -0.117. The Morgan fingerprint density at radius 2 is 1.82 bits per heavy atom. The third kappa shape index (κ3) is 1.87. The highest BCUT2D eigenvalue weighted by Crippen LogP contribution is 2.32. The molecule has 1 aliphatic carbocycles. The zero-order valence-electron chi connectivity index (χ0n) is 9.65. The van der Waals surface area contributed by atoms with E-state index in [1.54, 1.807) is 0 Å². The van der Waals surface area contributed by atoms with Crippen LogP contribution in [0, 0.1) is 11.8 Å². The molecule has 17 heavy (non-hydrogen) atoms. The van der Waals surface area contributed by atoms with Gasteiger partial charge in [-0.05, 0) is 17.6 Å². The molecule has 2 unspecified atom stereocenters. The third-order valence-corrected chi connectivity index (χ3v) is 3.69. The fraction of sp³-hybridized carbons (Fsp3) is 0.357. The minimum Gasteiger partial charge on any atom is -0.352 e. The summed E-state index contributed by atoms with van der Waals surface area (Å²) in [5.41, 5.74) is 2.00. The van der Waals surface area contributed by atoms with Crippen LogP contribution >= 0.6 is 0 Å². The number of hydrogen-bond acceptors (Lipinski definition) is 2. The first-order chi connectivity index (χ1) is 8.36. The van der Waals surface area contributed by atoms with Crippen molar-refractivity contribution in [3.05, 3.63) is 47.6 Å². The number of hydrogen-bond donors (Lipinski definition) is 2. The number of nitrogens with one attached hydrogen (secondary N) is 2. The molecular weight excluding hydrogens is 212 g/mol. The summed E-state index contributed by atoms with van der Waals surface area (Å²) < 4.78 is 0. The molecule has 2 N–H and O–H groups in total. The lowest BCUT2D eigenvalue weighted by Gasteiger charge is -2.17. The topological polar surface area (TPSA) is 41.1 Å². The minimum atomic E-state index is 0.0607. The lowest BCUT2D eigenvalue weighted by atomic mass is 9.85. The average Bonchev–Trinajstić information content (AvgIpc) is 2.70. The van der Waals surface area contributed by atoms with Crippen LogP contribution in [0.2, 0.25) is 0 Å². The Morgan fingerprint density at radius 1 is 1.00 bits per heavy atom. The molecule has 2 saturated heterocycles. The number of allylic oxidation sites excluding steroid dienone is 6. The van der Waals surface area contributed by atoms with Gasteiger partial charge in [0.2, 0.25) is 0 Å². The molecule has 0 aromatic heterocycles. The number of fused-ring (bicyclic) bond motifs is 3. The largest absolute Gasteiger partial charge is 0.352 e. The maximum absolute atomic E-state index is 12.0. The Bertz CT molecular complexity index is 457. The zero-order valence-corrected chi connectivity index (χ0v) is 9.65. The summed E-state index contributed by atoms with van der Waals surface area (Å²) in [6.07, 6.45) is 11.9. The minimum absolute atomic E-state index is 0.0607. The van der Waals surface area contributed by atoms with Gasteiger partial charge in [0.1, 0.15) is 0 Å². The van der Waals surface area contributed by atoms with E-state index in [-0.39, 0.29) is 5.91 Å². The van der Waals surface area contributed by atoms with Crippen LogP contribution in [0.5, 0.6) is 0 Å².